The van der Waals surface area contributed by atoms with Gasteiger partial charge in [-0.3, -0.25) is 4.79 Å². The van der Waals surface area contributed by atoms with Crippen molar-refractivity contribution in [2.24, 2.45) is 0 Å². The Balaban J connectivity index is 0.00000131. The summed E-state index contributed by atoms with van der Waals surface area (Å²) in [6, 6.07) is 6.15. The van der Waals surface area contributed by atoms with Gasteiger partial charge in [0.1, 0.15) is 23.9 Å². The van der Waals surface area contributed by atoms with E-state index in [9.17, 15) is 4.79 Å². The fourth-order valence-corrected chi connectivity index (χ4v) is 4.03. The maximum atomic E-state index is 12.7. The number of piperidine rings is 1. The van der Waals surface area contributed by atoms with Crippen LogP contribution in [0.4, 0.5) is 0 Å². The minimum Gasteiger partial charge on any atom is -0.486 e. The van der Waals surface area contributed by atoms with Gasteiger partial charge < -0.3 is 19.7 Å². The Morgan fingerprint density at radius 2 is 2.04 bits per heavy atom. The Hall–Kier alpha value is -1.54. The number of ether oxygens (including phenoxy) is 2. The summed E-state index contributed by atoms with van der Waals surface area (Å²) in [6.07, 6.45) is 2.14. The highest BCUT2D eigenvalue weighted by Crippen LogP contribution is 2.35. The summed E-state index contributed by atoms with van der Waals surface area (Å²) in [7, 11) is 1.95. The SMILES string of the molecule is CNC1CCCN(C(=O)c2csc(-c3ccc4c(c3)OCCO4)n2)C1.Cl.Cl. The van der Waals surface area contributed by atoms with E-state index in [0.29, 0.717) is 24.9 Å². The molecule has 148 valence electrons. The van der Waals surface area contributed by atoms with E-state index in [-0.39, 0.29) is 30.7 Å². The molecule has 0 aliphatic carbocycles. The zero-order valence-corrected chi connectivity index (χ0v) is 17.4. The molecule has 4 rings (SSSR count). The van der Waals surface area contributed by atoms with Crippen molar-refractivity contribution in [1.29, 1.82) is 0 Å². The van der Waals surface area contributed by atoms with Crippen molar-refractivity contribution in [3.63, 3.8) is 0 Å². The summed E-state index contributed by atoms with van der Waals surface area (Å²) in [4.78, 5) is 19.2. The number of likely N-dealkylation sites (N-methyl/N-ethyl adjacent to an activating group) is 1. The number of aromatic nitrogens is 1. The molecule has 1 fully saturated rings. The molecule has 1 amide bonds. The van der Waals surface area contributed by atoms with Crippen LogP contribution in [0.15, 0.2) is 23.6 Å². The van der Waals surface area contributed by atoms with Crippen LogP contribution in [0.25, 0.3) is 10.6 Å². The predicted octanol–water partition coefficient (Wildman–Crippen LogP) is 3.25. The standard InChI is InChI=1S/C18H21N3O3S.2ClH/c1-19-13-3-2-6-21(10-13)18(22)14-11-25-17(20-14)12-4-5-15-16(9-12)24-8-7-23-15;;/h4-5,9,11,13,19H,2-3,6-8,10H2,1H3;2*1H. The van der Waals surface area contributed by atoms with Crippen LogP contribution in [0.2, 0.25) is 0 Å². The van der Waals surface area contributed by atoms with Crippen LogP contribution in [0, 0.1) is 0 Å². The average Bonchev–Trinajstić information content (AvgIpc) is 3.17. The lowest BCUT2D eigenvalue weighted by Crippen LogP contribution is -2.47. The van der Waals surface area contributed by atoms with Gasteiger partial charge in [-0.15, -0.1) is 36.2 Å². The number of rotatable bonds is 3. The Kier molecular flexibility index (Phi) is 7.73. The quantitative estimate of drug-likeness (QED) is 0.807. The average molecular weight is 432 g/mol. The molecule has 0 saturated carbocycles. The molecule has 2 aliphatic heterocycles. The topological polar surface area (TPSA) is 63.7 Å². The first-order valence-electron chi connectivity index (χ1n) is 8.56. The minimum absolute atomic E-state index is 0. The second-order valence-electron chi connectivity index (χ2n) is 6.28. The lowest BCUT2D eigenvalue weighted by molar-refractivity contribution is 0.0693. The molecular weight excluding hydrogens is 409 g/mol. The highest BCUT2D eigenvalue weighted by atomic mass is 35.5. The van der Waals surface area contributed by atoms with Crippen LogP contribution in [0.1, 0.15) is 23.3 Å². The molecule has 27 heavy (non-hydrogen) atoms. The van der Waals surface area contributed by atoms with Crippen LogP contribution < -0.4 is 14.8 Å². The first-order chi connectivity index (χ1) is 12.2. The van der Waals surface area contributed by atoms with E-state index in [2.05, 4.69) is 10.3 Å². The molecule has 0 bridgehead atoms. The van der Waals surface area contributed by atoms with Gasteiger partial charge in [-0.25, -0.2) is 4.98 Å². The summed E-state index contributed by atoms with van der Waals surface area (Å²) < 4.78 is 11.2. The van der Waals surface area contributed by atoms with Crippen LogP contribution in [-0.4, -0.2) is 55.2 Å². The number of carbonyl (C=O) groups excluding carboxylic acids is 1. The predicted molar refractivity (Wildman–Crippen MR) is 111 cm³/mol. The third-order valence-electron chi connectivity index (χ3n) is 4.63. The second-order valence-corrected chi connectivity index (χ2v) is 7.13. The van der Waals surface area contributed by atoms with Crippen LogP contribution in [0.3, 0.4) is 0 Å². The van der Waals surface area contributed by atoms with Gasteiger partial charge in [-0.1, -0.05) is 0 Å². The molecule has 1 unspecified atom stereocenters. The maximum Gasteiger partial charge on any atom is 0.273 e. The summed E-state index contributed by atoms with van der Waals surface area (Å²) in [6.45, 7) is 2.67. The van der Waals surface area contributed by atoms with Crippen LogP contribution >= 0.6 is 36.2 Å². The number of hydrogen-bond acceptors (Lipinski definition) is 6. The summed E-state index contributed by atoms with van der Waals surface area (Å²) in [5, 5.41) is 5.93. The Morgan fingerprint density at radius 1 is 1.26 bits per heavy atom. The number of halogens is 2. The molecule has 9 heteroatoms. The molecule has 2 aromatic rings. The number of nitrogens with one attached hydrogen (secondary N) is 1. The minimum atomic E-state index is 0. The smallest absolute Gasteiger partial charge is 0.273 e. The highest BCUT2D eigenvalue weighted by molar-refractivity contribution is 7.13. The third-order valence-corrected chi connectivity index (χ3v) is 5.52. The van der Waals surface area contributed by atoms with Gasteiger partial charge in [0.15, 0.2) is 11.5 Å². The molecule has 3 heterocycles. The largest absolute Gasteiger partial charge is 0.486 e. The molecule has 1 aromatic heterocycles. The Labute approximate surface area is 175 Å². The molecule has 0 spiro atoms. The van der Waals surface area contributed by atoms with E-state index in [1.807, 2.05) is 35.5 Å². The fourth-order valence-electron chi connectivity index (χ4n) is 3.24. The molecule has 6 nitrogen and oxygen atoms in total. The van der Waals surface area contributed by atoms with Gasteiger partial charge >= 0.3 is 0 Å². The van der Waals surface area contributed by atoms with Crippen LogP contribution in [-0.2, 0) is 0 Å². The number of carbonyl (C=O) groups is 1. The van der Waals surface area contributed by atoms with E-state index in [1.165, 1.54) is 11.3 Å². The van der Waals surface area contributed by atoms with Crippen molar-refractivity contribution in [3.05, 3.63) is 29.3 Å². The number of thiazole rings is 1. The van der Waals surface area contributed by atoms with Crippen molar-refractivity contribution in [1.82, 2.24) is 15.2 Å². The Morgan fingerprint density at radius 3 is 2.81 bits per heavy atom. The lowest BCUT2D eigenvalue weighted by atomic mass is 10.1. The first-order valence-corrected chi connectivity index (χ1v) is 9.44. The number of nitrogens with zero attached hydrogens (tertiary/aromatic N) is 2. The third kappa shape index (κ3) is 4.66. The zero-order valence-electron chi connectivity index (χ0n) is 15.0. The molecular formula is C18H23Cl2N3O3S. The molecule has 1 atom stereocenters. The van der Waals surface area contributed by atoms with E-state index < -0.39 is 0 Å². The number of benzene rings is 1. The van der Waals surface area contributed by atoms with Gasteiger partial charge in [0.25, 0.3) is 5.91 Å². The molecule has 0 radical (unpaired) electrons. The van der Waals surface area contributed by atoms with Crippen molar-refractivity contribution < 1.29 is 14.3 Å². The normalized spacial score (nSPS) is 18.3. The maximum absolute atomic E-state index is 12.7. The summed E-state index contributed by atoms with van der Waals surface area (Å²) >= 11 is 1.48. The van der Waals surface area contributed by atoms with E-state index in [0.717, 1.165) is 48.0 Å². The van der Waals surface area contributed by atoms with Gasteiger partial charge in [-0.2, -0.15) is 0 Å². The number of likely N-dealkylation sites (tertiary alicyclic amines) is 1. The summed E-state index contributed by atoms with van der Waals surface area (Å²) in [5.74, 6) is 1.51. The van der Waals surface area contributed by atoms with Gasteiger partial charge in [0.2, 0.25) is 0 Å². The van der Waals surface area contributed by atoms with Crippen molar-refractivity contribution >= 4 is 42.1 Å². The molecule has 1 N–H and O–H groups in total. The van der Waals surface area contributed by atoms with Crippen LogP contribution in [0.5, 0.6) is 11.5 Å². The van der Waals surface area contributed by atoms with Gasteiger partial charge in [0, 0.05) is 30.1 Å². The fraction of sp³-hybridized carbons (Fsp3) is 0.444. The van der Waals surface area contributed by atoms with Crippen molar-refractivity contribution in [3.8, 4) is 22.1 Å². The monoisotopic (exact) mass is 431 g/mol. The number of hydrogen-bond donors (Lipinski definition) is 1. The Bertz CT molecular complexity index is 787. The molecule has 1 aromatic carbocycles. The van der Waals surface area contributed by atoms with E-state index >= 15 is 0 Å². The summed E-state index contributed by atoms with van der Waals surface area (Å²) in [5.41, 5.74) is 1.46. The molecule has 2 aliphatic rings. The van der Waals surface area contributed by atoms with Gasteiger partial charge in [0.05, 0.1) is 0 Å². The second kappa shape index (κ2) is 9.59. The zero-order chi connectivity index (χ0) is 17.2. The number of amides is 1. The van der Waals surface area contributed by atoms with Crippen molar-refractivity contribution in [2.45, 2.75) is 18.9 Å². The van der Waals surface area contributed by atoms with E-state index in [1.54, 1.807) is 0 Å². The van der Waals surface area contributed by atoms with E-state index in [4.69, 9.17) is 9.47 Å². The highest BCUT2D eigenvalue weighted by Gasteiger charge is 2.25. The van der Waals surface area contributed by atoms with Gasteiger partial charge in [-0.05, 0) is 38.1 Å². The first kappa shape index (κ1) is 21.8. The van der Waals surface area contributed by atoms with Crippen molar-refractivity contribution in [2.75, 3.05) is 33.4 Å². The lowest BCUT2D eigenvalue weighted by Gasteiger charge is -2.32. The molecule has 1 saturated heterocycles. The number of fused-ring (bicyclic) bond motifs is 1.